The molecule has 0 unspecified atom stereocenters. The zero-order valence-electron chi connectivity index (χ0n) is 10.9. The molecule has 3 rings (SSSR count). The Hall–Kier alpha value is -1.64. The fraction of sp³-hybridized carbons (Fsp3) is 0.438. The van der Waals surface area contributed by atoms with Gasteiger partial charge in [-0.05, 0) is 42.9 Å². The lowest BCUT2D eigenvalue weighted by Crippen LogP contribution is -2.34. The van der Waals surface area contributed by atoms with E-state index in [1.807, 2.05) is 4.90 Å². The molecule has 100 valence electrons. The van der Waals surface area contributed by atoms with E-state index in [-0.39, 0.29) is 17.8 Å². The Balaban J connectivity index is 1.88. The van der Waals surface area contributed by atoms with Crippen molar-refractivity contribution in [3.8, 4) is 0 Å². The van der Waals surface area contributed by atoms with Gasteiger partial charge in [0.25, 0.3) is 0 Å². The van der Waals surface area contributed by atoms with E-state index in [1.54, 1.807) is 12.1 Å². The molecule has 0 radical (unpaired) electrons. The van der Waals surface area contributed by atoms with Crippen LogP contribution in [0.1, 0.15) is 37.3 Å². The average Bonchev–Trinajstić information content (AvgIpc) is 3.22. The molecule has 0 saturated heterocycles. The summed E-state index contributed by atoms with van der Waals surface area (Å²) in [5.74, 6) is 0.644. The van der Waals surface area contributed by atoms with Crippen LogP contribution < -0.4 is 0 Å². The molecule has 1 aliphatic heterocycles. The third-order valence-corrected chi connectivity index (χ3v) is 3.86. The third kappa shape index (κ3) is 2.86. The van der Waals surface area contributed by atoms with Crippen molar-refractivity contribution < 1.29 is 9.18 Å². The van der Waals surface area contributed by atoms with E-state index in [2.05, 4.69) is 12.2 Å². The quantitative estimate of drug-likeness (QED) is 0.761. The van der Waals surface area contributed by atoms with Crippen LogP contribution in [-0.2, 0) is 4.79 Å². The van der Waals surface area contributed by atoms with Crippen molar-refractivity contribution in [3.05, 3.63) is 47.8 Å². The van der Waals surface area contributed by atoms with Crippen molar-refractivity contribution in [2.75, 3.05) is 6.54 Å². The van der Waals surface area contributed by atoms with Gasteiger partial charge in [0, 0.05) is 13.0 Å². The van der Waals surface area contributed by atoms with E-state index in [0.29, 0.717) is 12.3 Å². The summed E-state index contributed by atoms with van der Waals surface area (Å²) in [5, 5.41) is 0. The van der Waals surface area contributed by atoms with Gasteiger partial charge in [-0.25, -0.2) is 4.39 Å². The second-order valence-corrected chi connectivity index (χ2v) is 5.45. The first-order valence-electron chi connectivity index (χ1n) is 6.95. The van der Waals surface area contributed by atoms with Crippen LogP contribution in [0.2, 0.25) is 0 Å². The van der Waals surface area contributed by atoms with Crippen molar-refractivity contribution in [1.29, 1.82) is 0 Å². The first-order chi connectivity index (χ1) is 9.24. The SMILES string of the molecule is O=C1CCC=C[C@@H](c2ccc(F)cc2)N1CC1CC1. The van der Waals surface area contributed by atoms with Gasteiger partial charge < -0.3 is 4.90 Å². The van der Waals surface area contributed by atoms with Gasteiger partial charge in [0.05, 0.1) is 6.04 Å². The number of benzene rings is 1. The molecule has 19 heavy (non-hydrogen) atoms. The standard InChI is InChI=1S/C16H18FNO/c17-14-9-7-13(8-10-14)15-3-1-2-4-16(19)18(15)11-12-5-6-12/h1,3,7-10,12,15H,2,4-6,11H2/t15-/m0/s1. The molecule has 0 bridgehead atoms. The van der Waals surface area contributed by atoms with Gasteiger partial charge >= 0.3 is 0 Å². The van der Waals surface area contributed by atoms with Crippen LogP contribution in [0.3, 0.4) is 0 Å². The molecule has 3 heteroatoms. The fourth-order valence-corrected chi connectivity index (χ4v) is 2.58. The summed E-state index contributed by atoms with van der Waals surface area (Å²) >= 11 is 0. The maximum Gasteiger partial charge on any atom is 0.223 e. The summed E-state index contributed by atoms with van der Waals surface area (Å²) in [6.07, 6.45) is 7.99. The van der Waals surface area contributed by atoms with Gasteiger partial charge in [0.1, 0.15) is 5.82 Å². The molecule has 1 aliphatic carbocycles. The van der Waals surface area contributed by atoms with E-state index >= 15 is 0 Å². The number of hydrogen-bond donors (Lipinski definition) is 0. The summed E-state index contributed by atoms with van der Waals surface area (Å²) in [4.78, 5) is 14.2. The van der Waals surface area contributed by atoms with Crippen molar-refractivity contribution in [1.82, 2.24) is 4.90 Å². The summed E-state index contributed by atoms with van der Waals surface area (Å²) in [6.45, 7) is 0.839. The van der Waals surface area contributed by atoms with Gasteiger partial charge in [0.15, 0.2) is 0 Å². The van der Waals surface area contributed by atoms with Crippen molar-refractivity contribution in [2.45, 2.75) is 31.7 Å². The van der Waals surface area contributed by atoms with Crippen LogP contribution in [0.4, 0.5) is 4.39 Å². The van der Waals surface area contributed by atoms with Crippen molar-refractivity contribution in [2.24, 2.45) is 5.92 Å². The Morgan fingerprint density at radius 1 is 1.21 bits per heavy atom. The minimum atomic E-state index is -0.235. The molecule has 0 aromatic heterocycles. The Morgan fingerprint density at radius 3 is 2.63 bits per heavy atom. The smallest absolute Gasteiger partial charge is 0.223 e. The second kappa shape index (κ2) is 5.16. The molecular weight excluding hydrogens is 241 g/mol. The Kier molecular flexibility index (Phi) is 3.36. The summed E-state index contributed by atoms with van der Waals surface area (Å²) < 4.78 is 13.0. The molecule has 1 atom stereocenters. The monoisotopic (exact) mass is 259 g/mol. The zero-order chi connectivity index (χ0) is 13.2. The van der Waals surface area contributed by atoms with Crippen LogP contribution in [0.25, 0.3) is 0 Å². The van der Waals surface area contributed by atoms with Crippen LogP contribution in [-0.4, -0.2) is 17.4 Å². The average molecular weight is 259 g/mol. The molecule has 2 nitrogen and oxygen atoms in total. The topological polar surface area (TPSA) is 20.3 Å². The lowest BCUT2D eigenvalue weighted by Gasteiger charge is -2.29. The summed E-state index contributed by atoms with van der Waals surface area (Å²) in [6, 6.07) is 6.46. The minimum Gasteiger partial charge on any atom is -0.332 e. The molecule has 0 spiro atoms. The highest BCUT2D eigenvalue weighted by molar-refractivity contribution is 5.77. The molecule has 1 heterocycles. The number of carbonyl (C=O) groups is 1. The van der Waals surface area contributed by atoms with E-state index in [4.69, 9.17) is 0 Å². The maximum absolute atomic E-state index is 13.0. The van der Waals surface area contributed by atoms with Crippen LogP contribution in [0.15, 0.2) is 36.4 Å². The Labute approximate surface area is 112 Å². The minimum absolute atomic E-state index is 0.0313. The Morgan fingerprint density at radius 2 is 1.95 bits per heavy atom. The van der Waals surface area contributed by atoms with Gasteiger partial charge in [-0.2, -0.15) is 0 Å². The molecular formula is C16H18FNO. The second-order valence-electron chi connectivity index (χ2n) is 5.45. The van der Waals surface area contributed by atoms with E-state index in [9.17, 15) is 9.18 Å². The van der Waals surface area contributed by atoms with Crippen molar-refractivity contribution >= 4 is 5.91 Å². The maximum atomic E-state index is 13.0. The van der Waals surface area contributed by atoms with E-state index in [0.717, 1.165) is 18.5 Å². The molecule has 0 N–H and O–H groups in total. The fourth-order valence-electron chi connectivity index (χ4n) is 2.58. The third-order valence-electron chi connectivity index (χ3n) is 3.86. The normalized spacial score (nSPS) is 23.5. The summed E-state index contributed by atoms with van der Waals surface area (Å²) in [7, 11) is 0. The van der Waals surface area contributed by atoms with Gasteiger partial charge in [0.2, 0.25) is 5.91 Å². The first-order valence-corrected chi connectivity index (χ1v) is 6.95. The van der Waals surface area contributed by atoms with E-state index < -0.39 is 0 Å². The molecule has 1 aromatic carbocycles. The highest BCUT2D eigenvalue weighted by Crippen LogP contribution is 2.34. The lowest BCUT2D eigenvalue weighted by molar-refractivity contribution is -0.132. The van der Waals surface area contributed by atoms with Crippen LogP contribution >= 0.6 is 0 Å². The zero-order valence-corrected chi connectivity index (χ0v) is 10.9. The molecule has 2 aliphatic rings. The number of rotatable bonds is 3. The molecule has 1 fully saturated rings. The molecule has 1 saturated carbocycles. The van der Waals surface area contributed by atoms with E-state index in [1.165, 1.54) is 25.0 Å². The van der Waals surface area contributed by atoms with Crippen LogP contribution in [0, 0.1) is 11.7 Å². The number of allylic oxidation sites excluding steroid dienone is 1. The predicted molar refractivity (Wildman–Crippen MR) is 72.0 cm³/mol. The number of carbonyl (C=O) groups excluding carboxylic acids is 1. The summed E-state index contributed by atoms with van der Waals surface area (Å²) in [5.41, 5.74) is 0.994. The van der Waals surface area contributed by atoms with Crippen LogP contribution in [0.5, 0.6) is 0 Å². The largest absolute Gasteiger partial charge is 0.332 e. The highest BCUT2D eigenvalue weighted by Gasteiger charge is 2.31. The Bertz CT molecular complexity index is 490. The van der Waals surface area contributed by atoms with Gasteiger partial charge in [-0.3, -0.25) is 4.79 Å². The van der Waals surface area contributed by atoms with Gasteiger partial charge in [-0.1, -0.05) is 24.3 Å². The van der Waals surface area contributed by atoms with Crippen molar-refractivity contribution in [3.63, 3.8) is 0 Å². The number of hydrogen-bond acceptors (Lipinski definition) is 1. The number of nitrogens with zero attached hydrogens (tertiary/aromatic N) is 1. The molecule has 1 aromatic rings. The number of halogens is 1. The van der Waals surface area contributed by atoms with Gasteiger partial charge in [-0.15, -0.1) is 0 Å². The highest BCUT2D eigenvalue weighted by atomic mass is 19.1. The first kappa shape index (κ1) is 12.4. The lowest BCUT2D eigenvalue weighted by atomic mass is 10.0. The number of amides is 1. The predicted octanol–water partition coefficient (Wildman–Crippen LogP) is 3.46. The molecule has 1 amide bonds.